The van der Waals surface area contributed by atoms with Crippen LogP contribution in [-0.2, 0) is 0 Å². The van der Waals surface area contributed by atoms with Crippen molar-refractivity contribution in [2.75, 3.05) is 0 Å². The van der Waals surface area contributed by atoms with Gasteiger partial charge in [0.1, 0.15) is 11.0 Å². The highest BCUT2D eigenvalue weighted by Gasteiger charge is 2.04. The fraction of sp³-hybridized carbons (Fsp3) is 0. The van der Waals surface area contributed by atoms with Gasteiger partial charge in [-0.3, -0.25) is 0 Å². The monoisotopic (exact) mass is 261 g/mol. The van der Waals surface area contributed by atoms with Crippen LogP contribution in [0.15, 0.2) is 18.2 Å². The third-order valence-corrected chi connectivity index (χ3v) is 2.28. The van der Waals surface area contributed by atoms with Crippen LogP contribution >= 0.6 is 22.6 Å². The molecule has 0 saturated carbocycles. The molecule has 11 heavy (non-hydrogen) atoms. The minimum Gasteiger partial charge on any atom is -0.410 e. The molecule has 0 aliphatic carbocycles. The molecule has 2 aromatic rings. The Hall–Kier alpha value is -0.850. The van der Waals surface area contributed by atoms with E-state index in [1.165, 1.54) is 0 Å². The quantitative estimate of drug-likeness (QED) is 0.574. The number of hydrogen-bond donors (Lipinski definition) is 1. The van der Waals surface area contributed by atoms with Crippen molar-refractivity contribution in [3.63, 3.8) is 0 Å². The summed E-state index contributed by atoms with van der Waals surface area (Å²) in [5.41, 5.74) is 1.37. The number of halogens is 1. The van der Waals surface area contributed by atoms with E-state index in [9.17, 15) is 0 Å². The third-order valence-electron chi connectivity index (χ3n) is 1.41. The zero-order valence-electron chi connectivity index (χ0n) is 5.40. The van der Waals surface area contributed by atoms with Crippen LogP contribution in [-0.4, -0.2) is 20.4 Å². The molecule has 0 aliphatic heterocycles. The standard InChI is InChI=1S/C6H4IN3O/c7-4-2-1-3-5-6(4)8-9-10(5)11/h1-3,11H. The molecule has 1 heterocycles. The molecule has 0 spiro atoms. The predicted molar refractivity (Wildman–Crippen MR) is 47.4 cm³/mol. The summed E-state index contributed by atoms with van der Waals surface area (Å²) in [4.78, 5) is 0.775. The van der Waals surface area contributed by atoms with Crippen LogP contribution in [0.1, 0.15) is 0 Å². The van der Waals surface area contributed by atoms with E-state index >= 15 is 0 Å². The zero-order chi connectivity index (χ0) is 7.84. The lowest BCUT2D eigenvalue weighted by molar-refractivity contribution is 0.155. The van der Waals surface area contributed by atoms with Crippen molar-refractivity contribution in [2.45, 2.75) is 0 Å². The summed E-state index contributed by atoms with van der Waals surface area (Å²) in [6.07, 6.45) is 0. The molecule has 4 nitrogen and oxygen atoms in total. The SMILES string of the molecule is On1nnc2c(I)cccc21. The lowest BCUT2D eigenvalue weighted by atomic mass is 10.3. The molecule has 0 aliphatic rings. The maximum absolute atomic E-state index is 9.08. The average Bonchev–Trinajstić information content (AvgIpc) is 2.35. The lowest BCUT2D eigenvalue weighted by Crippen LogP contribution is -1.90. The fourth-order valence-corrected chi connectivity index (χ4v) is 1.49. The largest absolute Gasteiger partial charge is 0.410 e. The molecule has 0 unspecified atom stereocenters. The lowest BCUT2D eigenvalue weighted by Gasteiger charge is -1.90. The number of rotatable bonds is 0. The molecule has 0 radical (unpaired) electrons. The highest BCUT2D eigenvalue weighted by molar-refractivity contribution is 14.1. The van der Waals surface area contributed by atoms with E-state index < -0.39 is 0 Å². The normalized spacial score (nSPS) is 10.6. The Bertz CT molecular complexity index is 398. The van der Waals surface area contributed by atoms with Gasteiger partial charge in [0.25, 0.3) is 0 Å². The van der Waals surface area contributed by atoms with Crippen LogP contribution in [0.4, 0.5) is 0 Å². The van der Waals surface area contributed by atoms with Gasteiger partial charge in [-0.05, 0) is 39.9 Å². The van der Waals surface area contributed by atoms with Crippen LogP contribution in [0.5, 0.6) is 0 Å². The van der Waals surface area contributed by atoms with Gasteiger partial charge in [0, 0.05) is 3.57 Å². The van der Waals surface area contributed by atoms with Crippen molar-refractivity contribution in [3.05, 3.63) is 21.8 Å². The van der Waals surface area contributed by atoms with Gasteiger partial charge in [0.2, 0.25) is 0 Å². The molecular formula is C6H4IN3O. The molecule has 0 atom stereocenters. The van der Waals surface area contributed by atoms with Gasteiger partial charge in [-0.15, -0.1) is 5.10 Å². The molecule has 1 N–H and O–H groups in total. The van der Waals surface area contributed by atoms with E-state index in [4.69, 9.17) is 5.21 Å². The summed E-state index contributed by atoms with van der Waals surface area (Å²) < 4.78 is 0.986. The van der Waals surface area contributed by atoms with Crippen LogP contribution in [0.3, 0.4) is 0 Å². The van der Waals surface area contributed by atoms with E-state index in [0.717, 1.165) is 13.9 Å². The van der Waals surface area contributed by atoms with Gasteiger partial charge in [-0.2, -0.15) is 0 Å². The average molecular weight is 261 g/mol. The highest BCUT2D eigenvalue weighted by atomic mass is 127. The number of aromatic nitrogens is 3. The maximum atomic E-state index is 9.08. The maximum Gasteiger partial charge on any atom is 0.131 e. The van der Waals surface area contributed by atoms with Gasteiger partial charge in [0.05, 0.1) is 0 Å². The third kappa shape index (κ3) is 0.953. The Labute approximate surface area is 75.9 Å². The second-order valence-electron chi connectivity index (χ2n) is 2.09. The van der Waals surface area contributed by atoms with Crippen molar-refractivity contribution < 1.29 is 5.21 Å². The van der Waals surface area contributed by atoms with E-state index in [1.807, 2.05) is 12.1 Å². The van der Waals surface area contributed by atoms with Gasteiger partial charge >= 0.3 is 0 Å². The molecule has 0 fully saturated rings. The number of nitrogens with zero attached hydrogens (tertiary/aromatic N) is 3. The molecule has 0 amide bonds. The summed E-state index contributed by atoms with van der Waals surface area (Å²) in [5.74, 6) is 0. The van der Waals surface area contributed by atoms with Crippen molar-refractivity contribution in [2.24, 2.45) is 0 Å². The number of benzene rings is 1. The minimum absolute atomic E-state index is 0.636. The molecule has 1 aromatic carbocycles. The predicted octanol–water partition coefficient (Wildman–Crippen LogP) is 1.27. The van der Waals surface area contributed by atoms with Gasteiger partial charge in [-0.1, -0.05) is 10.9 Å². The minimum atomic E-state index is 0.636. The summed E-state index contributed by atoms with van der Waals surface area (Å²) in [7, 11) is 0. The van der Waals surface area contributed by atoms with Gasteiger partial charge < -0.3 is 5.21 Å². The van der Waals surface area contributed by atoms with E-state index in [2.05, 4.69) is 32.9 Å². The highest BCUT2D eigenvalue weighted by Crippen LogP contribution is 2.16. The van der Waals surface area contributed by atoms with Crippen molar-refractivity contribution in [3.8, 4) is 0 Å². The summed E-state index contributed by atoms with van der Waals surface area (Å²) >= 11 is 2.14. The van der Waals surface area contributed by atoms with Crippen molar-refractivity contribution in [1.29, 1.82) is 0 Å². The molecular weight excluding hydrogens is 257 g/mol. The smallest absolute Gasteiger partial charge is 0.131 e. The molecule has 2 rings (SSSR count). The second-order valence-corrected chi connectivity index (χ2v) is 3.25. The van der Waals surface area contributed by atoms with Crippen LogP contribution in [0.2, 0.25) is 0 Å². The van der Waals surface area contributed by atoms with Crippen molar-refractivity contribution >= 4 is 33.6 Å². The molecule has 5 heteroatoms. The first kappa shape index (κ1) is 6.84. The summed E-state index contributed by atoms with van der Waals surface area (Å²) in [6, 6.07) is 5.52. The zero-order valence-corrected chi connectivity index (χ0v) is 7.56. The Morgan fingerprint density at radius 2 is 2.27 bits per heavy atom. The van der Waals surface area contributed by atoms with Gasteiger partial charge in [-0.25, -0.2) is 0 Å². The molecule has 56 valence electrons. The van der Waals surface area contributed by atoms with E-state index in [1.54, 1.807) is 6.07 Å². The van der Waals surface area contributed by atoms with Crippen molar-refractivity contribution in [1.82, 2.24) is 15.2 Å². The van der Waals surface area contributed by atoms with Gasteiger partial charge in [0.15, 0.2) is 0 Å². The molecule has 1 aromatic heterocycles. The second kappa shape index (κ2) is 2.33. The number of hydrogen-bond acceptors (Lipinski definition) is 3. The Morgan fingerprint density at radius 3 is 3.00 bits per heavy atom. The topological polar surface area (TPSA) is 50.9 Å². The van der Waals surface area contributed by atoms with Crippen LogP contribution < -0.4 is 0 Å². The summed E-state index contributed by atoms with van der Waals surface area (Å²) in [5, 5.41) is 16.3. The Kier molecular flexibility index (Phi) is 1.45. The fourth-order valence-electron chi connectivity index (χ4n) is 0.900. The Morgan fingerprint density at radius 1 is 1.45 bits per heavy atom. The summed E-state index contributed by atoms with van der Waals surface area (Å²) in [6.45, 7) is 0. The van der Waals surface area contributed by atoms with E-state index in [-0.39, 0.29) is 0 Å². The Balaban J connectivity index is 2.94. The number of fused-ring (bicyclic) bond motifs is 1. The van der Waals surface area contributed by atoms with E-state index in [0.29, 0.717) is 5.52 Å². The van der Waals surface area contributed by atoms with Crippen LogP contribution in [0.25, 0.3) is 11.0 Å². The first-order valence-electron chi connectivity index (χ1n) is 2.98. The first-order chi connectivity index (χ1) is 5.29. The molecule has 0 bridgehead atoms. The first-order valence-corrected chi connectivity index (χ1v) is 4.06. The molecule has 0 saturated heterocycles. The van der Waals surface area contributed by atoms with Crippen LogP contribution in [0, 0.1) is 3.57 Å².